The molecule has 0 spiro atoms. The summed E-state index contributed by atoms with van der Waals surface area (Å²) in [6.07, 6.45) is 0. The molecular weight excluding hydrogens is 316 g/mol. The summed E-state index contributed by atoms with van der Waals surface area (Å²) in [4.78, 5) is 11.7. The molecule has 0 aromatic heterocycles. The van der Waals surface area contributed by atoms with Gasteiger partial charge in [-0.25, -0.2) is 0 Å². The van der Waals surface area contributed by atoms with E-state index in [0.29, 0.717) is 17.2 Å². The van der Waals surface area contributed by atoms with Gasteiger partial charge in [-0.3, -0.25) is 4.79 Å². The standard InChI is InChI=1S/C17H17BrO2/c1-11(2)13-4-7-15(8-5-13)20-17-9-6-14(18)10-16(17)12(3)19/h4-11H,1-3H3. The van der Waals surface area contributed by atoms with Gasteiger partial charge in [-0.05, 0) is 48.7 Å². The van der Waals surface area contributed by atoms with Crippen LogP contribution >= 0.6 is 15.9 Å². The third-order valence-corrected chi connectivity index (χ3v) is 3.59. The molecule has 2 rings (SSSR count). The number of ether oxygens (including phenoxy) is 1. The molecule has 104 valence electrons. The first-order valence-corrected chi connectivity index (χ1v) is 7.35. The lowest BCUT2D eigenvalue weighted by molar-refractivity contribution is 0.101. The van der Waals surface area contributed by atoms with Crippen LogP contribution in [0.5, 0.6) is 11.5 Å². The largest absolute Gasteiger partial charge is 0.457 e. The molecule has 0 aliphatic carbocycles. The molecule has 0 saturated heterocycles. The molecule has 2 aromatic carbocycles. The molecule has 2 nitrogen and oxygen atoms in total. The summed E-state index contributed by atoms with van der Waals surface area (Å²) in [6.45, 7) is 5.84. The number of halogens is 1. The van der Waals surface area contributed by atoms with Crippen molar-refractivity contribution in [2.45, 2.75) is 26.7 Å². The van der Waals surface area contributed by atoms with Crippen molar-refractivity contribution in [1.29, 1.82) is 0 Å². The number of hydrogen-bond acceptors (Lipinski definition) is 2. The van der Waals surface area contributed by atoms with Crippen LogP contribution in [0.4, 0.5) is 0 Å². The van der Waals surface area contributed by atoms with Crippen LogP contribution in [0.25, 0.3) is 0 Å². The number of ketones is 1. The SMILES string of the molecule is CC(=O)c1cc(Br)ccc1Oc1ccc(C(C)C)cc1. The van der Waals surface area contributed by atoms with E-state index in [0.717, 1.165) is 10.2 Å². The fourth-order valence-electron chi connectivity index (χ4n) is 1.91. The van der Waals surface area contributed by atoms with Gasteiger partial charge in [0, 0.05) is 4.47 Å². The quantitative estimate of drug-likeness (QED) is 0.684. The highest BCUT2D eigenvalue weighted by molar-refractivity contribution is 9.10. The number of carbonyl (C=O) groups excluding carboxylic acids is 1. The molecule has 0 amide bonds. The summed E-state index contributed by atoms with van der Waals surface area (Å²) in [5, 5.41) is 0. The zero-order valence-corrected chi connectivity index (χ0v) is 13.4. The molecule has 0 aliphatic rings. The predicted molar refractivity (Wildman–Crippen MR) is 84.8 cm³/mol. The predicted octanol–water partition coefficient (Wildman–Crippen LogP) is 5.57. The maximum Gasteiger partial charge on any atom is 0.163 e. The van der Waals surface area contributed by atoms with E-state index in [1.165, 1.54) is 12.5 Å². The number of rotatable bonds is 4. The Morgan fingerprint density at radius 2 is 1.75 bits per heavy atom. The van der Waals surface area contributed by atoms with Gasteiger partial charge in [-0.2, -0.15) is 0 Å². The van der Waals surface area contributed by atoms with Crippen LogP contribution in [-0.4, -0.2) is 5.78 Å². The molecule has 0 radical (unpaired) electrons. The van der Waals surface area contributed by atoms with E-state index in [1.807, 2.05) is 30.3 Å². The van der Waals surface area contributed by atoms with Crippen molar-refractivity contribution in [2.24, 2.45) is 0 Å². The van der Waals surface area contributed by atoms with Gasteiger partial charge in [0.15, 0.2) is 5.78 Å². The van der Waals surface area contributed by atoms with Gasteiger partial charge in [-0.15, -0.1) is 0 Å². The zero-order valence-electron chi connectivity index (χ0n) is 11.8. The van der Waals surface area contributed by atoms with E-state index in [4.69, 9.17) is 4.74 Å². The first-order valence-electron chi connectivity index (χ1n) is 6.55. The molecule has 0 bridgehead atoms. The van der Waals surface area contributed by atoms with Crippen molar-refractivity contribution in [3.63, 3.8) is 0 Å². The van der Waals surface area contributed by atoms with E-state index in [1.54, 1.807) is 12.1 Å². The number of hydrogen-bond donors (Lipinski definition) is 0. The highest BCUT2D eigenvalue weighted by Crippen LogP contribution is 2.29. The maximum absolute atomic E-state index is 11.7. The van der Waals surface area contributed by atoms with Crippen molar-refractivity contribution in [2.75, 3.05) is 0 Å². The topological polar surface area (TPSA) is 26.3 Å². The highest BCUT2D eigenvalue weighted by atomic mass is 79.9. The molecule has 0 N–H and O–H groups in total. The molecule has 20 heavy (non-hydrogen) atoms. The Labute approximate surface area is 127 Å². The second kappa shape index (κ2) is 6.23. The fourth-order valence-corrected chi connectivity index (χ4v) is 2.28. The Hall–Kier alpha value is -1.61. The summed E-state index contributed by atoms with van der Waals surface area (Å²) < 4.78 is 6.68. The number of benzene rings is 2. The van der Waals surface area contributed by atoms with Gasteiger partial charge in [-0.1, -0.05) is 41.9 Å². The zero-order chi connectivity index (χ0) is 14.7. The van der Waals surface area contributed by atoms with Crippen LogP contribution in [0, 0.1) is 0 Å². The lowest BCUT2D eigenvalue weighted by atomic mass is 10.0. The minimum atomic E-state index is -0.0138. The summed E-state index contributed by atoms with van der Waals surface area (Å²) in [5.41, 5.74) is 1.84. The Morgan fingerprint density at radius 1 is 1.10 bits per heavy atom. The van der Waals surface area contributed by atoms with Gasteiger partial charge >= 0.3 is 0 Å². The van der Waals surface area contributed by atoms with E-state index >= 15 is 0 Å². The monoisotopic (exact) mass is 332 g/mol. The summed E-state index contributed by atoms with van der Waals surface area (Å²) in [5.74, 6) is 1.79. The van der Waals surface area contributed by atoms with Gasteiger partial charge < -0.3 is 4.74 Å². The second-order valence-corrected chi connectivity index (χ2v) is 5.94. The maximum atomic E-state index is 11.7. The Morgan fingerprint density at radius 3 is 2.30 bits per heavy atom. The van der Waals surface area contributed by atoms with Crippen LogP contribution < -0.4 is 4.74 Å². The number of carbonyl (C=O) groups is 1. The Bertz CT molecular complexity index is 615. The van der Waals surface area contributed by atoms with Gasteiger partial charge in [0.05, 0.1) is 5.56 Å². The summed E-state index contributed by atoms with van der Waals surface area (Å²) >= 11 is 3.37. The third kappa shape index (κ3) is 3.48. The molecule has 2 aromatic rings. The second-order valence-electron chi connectivity index (χ2n) is 5.02. The molecule has 0 saturated carbocycles. The average Bonchev–Trinajstić information content (AvgIpc) is 2.41. The normalized spacial score (nSPS) is 10.7. The highest BCUT2D eigenvalue weighted by Gasteiger charge is 2.10. The van der Waals surface area contributed by atoms with Crippen LogP contribution in [0.2, 0.25) is 0 Å². The van der Waals surface area contributed by atoms with Crippen LogP contribution in [0.3, 0.4) is 0 Å². The summed E-state index contributed by atoms with van der Waals surface area (Å²) in [7, 11) is 0. The smallest absolute Gasteiger partial charge is 0.163 e. The lowest BCUT2D eigenvalue weighted by Crippen LogP contribution is -1.97. The molecule has 3 heteroatoms. The molecule has 0 unspecified atom stereocenters. The molecular formula is C17H17BrO2. The number of Topliss-reactive ketones (excluding diaryl/α,β-unsaturated/α-hetero) is 1. The van der Waals surface area contributed by atoms with E-state index in [-0.39, 0.29) is 5.78 Å². The Balaban J connectivity index is 2.28. The van der Waals surface area contributed by atoms with Crippen LogP contribution in [0.15, 0.2) is 46.9 Å². The van der Waals surface area contributed by atoms with Gasteiger partial charge in [0.1, 0.15) is 11.5 Å². The van der Waals surface area contributed by atoms with E-state index in [9.17, 15) is 4.79 Å². The lowest BCUT2D eigenvalue weighted by Gasteiger charge is -2.11. The van der Waals surface area contributed by atoms with Crippen molar-refractivity contribution in [3.8, 4) is 11.5 Å². The van der Waals surface area contributed by atoms with E-state index in [2.05, 4.69) is 29.8 Å². The first kappa shape index (κ1) is 14.8. The minimum absolute atomic E-state index is 0.0138. The van der Waals surface area contributed by atoms with Crippen LogP contribution in [-0.2, 0) is 0 Å². The van der Waals surface area contributed by atoms with Crippen LogP contribution in [0.1, 0.15) is 42.6 Å². The van der Waals surface area contributed by atoms with Crippen molar-refractivity contribution >= 4 is 21.7 Å². The van der Waals surface area contributed by atoms with Gasteiger partial charge in [0.25, 0.3) is 0 Å². The van der Waals surface area contributed by atoms with Crippen molar-refractivity contribution in [3.05, 3.63) is 58.1 Å². The van der Waals surface area contributed by atoms with Crippen molar-refractivity contribution in [1.82, 2.24) is 0 Å². The first-order chi connectivity index (χ1) is 9.47. The molecule has 0 aliphatic heterocycles. The average molecular weight is 333 g/mol. The van der Waals surface area contributed by atoms with Crippen molar-refractivity contribution < 1.29 is 9.53 Å². The molecule has 0 fully saturated rings. The van der Waals surface area contributed by atoms with E-state index < -0.39 is 0 Å². The minimum Gasteiger partial charge on any atom is -0.457 e. The Kier molecular flexibility index (Phi) is 4.61. The molecule has 0 heterocycles. The third-order valence-electron chi connectivity index (χ3n) is 3.10. The fraction of sp³-hybridized carbons (Fsp3) is 0.235. The summed E-state index contributed by atoms with van der Waals surface area (Å²) in [6, 6.07) is 13.4. The van der Waals surface area contributed by atoms with Gasteiger partial charge in [0.2, 0.25) is 0 Å². The molecule has 0 atom stereocenters.